The number of anilines is 1. The molecule has 0 saturated carbocycles. The van der Waals surface area contributed by atoms with Crippen LogP contribution in [0.5, 0.6) is 0 Å². The number of sulfonamides is 1. The predicted molar refractivity (Wildman–Crippen MR) is 96.3 cm³/mol. The monoisotopic (exact) mass is 424 g/mol. The van der Waals surface area contributed by atoms with Crippen LogP contribution in [0.25, 0.3) is 0 Å². The third kappa shape index (κ3) is 4.91. The SMILES string of the molecule is O=C(COC(=O)[C@H]1C[C@H](O)CN1S(=O)(=O)c1ccc(F)cc1)Nc1ncccn1. The van der Waals surface area contributed by atoms with E-state index in [2.05, 4.69) is 15.3 Å². The number of halogens is 1. The number of nitrogens with zero attached hydrogens (tertiary/aromatic N) is 3. The van der Waals surface area contributed by atoms with Gasteiger partial charge in [0.1, 0.15) is 11.9 Å². The van der Waals surface area contributed by atoms with Crippen LogP contribution in [0.15, 0.2) is 47.6 Å². The Kier molecular flexibility index (Phi) is 6.15. The molecule has 0 unspecified atom stereocenters. The Balaban J connectivity index is 1.67. The molecule has 3 rings (SSSR count). The number of aliphatic hydroxyl groups is 1. The van der Waals surface area contributed by atoms with E-state index in [1.54, 1.807) is 6.07 Å². The van der Waals surface area contributed by atoms with Gasteiger partial charge in [0.05, 0.1) is 11.0 Å². The van der Waals surface area contributed by atoms with Crippen LogP contribution >= 0.6 is 0 Å². The van der Waals surface area contributed by atoms with Crippen molar-refractivity contribution in [3.8, 4) is 0 Å². The summed E-state index contributed by atoms with van der Waals surface area (Å²) >= 11 is 0. The number of hydrogen-bond acceptors (Lipinski definition) is 8. The van der Waals surface area contributed by atoms with E-state index in [1.165, 1.54) is 12.4 Å². The molecule has 29 heavy (non-hydrogen) atoms. The first-order valence-corrected chi connectivity index (χ1v) is 9.90. The maximum absolute atomic E-state index is 13.1. The Bertz CT molecular complexity index is 987. The van der Waals surface area contributed by atoms with Gasteiger partial charge in [0.2, 0.25) is 16.0 Å². The van der Waals surface area contributed by atoms with Gasteiger partial charge in [0.15, 0.2) is 6.61 Å². The summed E-state index contributed by atoms with van der Waals surface area (Å²) in [5, 5.41) is 12.2. The summed E-state index contributed by atoms with van der Waals surface area (Å²) in [5.41, 5.74) is 0. The number of carbonyl (C=O) groups is 2. The first-order valence-electron chi connectivity index (χ1n) is 8.46. The highest BCUT2D eigenvalue weighted by Gasteiger charge is 2.44. The first-order chi connectivity index (χ1) is 13.8. The highest BCUT2D eigenvalue weighted by Crippen LogP contribution is 2.27. The third-order valence-corrected chi connectivity index (χ3v) is 5.98. The smallest absolute Gasteiger partial charge is 0.325 e. The average Bonchev–Trinajstić information content (AvgIpc) is 3.10. The number of β-amino-alcohol motifs (C(OH)–C–C–N with tert-alkyl or cyclic N) is 1. The molecule has 1 aliphatic rings. The van der Waals surface area contributed by atoms with E-state index in [0.717, 1.165) is 28.6 Å². The lowest BCUT2D eigenvalue weighted by atomic mass is 10.2. The first kappa shape index (κ1) is 20.8. The van der Waals surface area contributed by atoms with E-state index in [1.807, 2.05) is 0 Å². The molecule has 2 atom stereocenters. The van der Waals surface area contributed by atoms with Gasteiger partial charge in [-0.3, -0.25) is 14.9 Å². The number of rotatable bonds is 6. The lowest BCUT2D eigenvalue weighted by molar-refractivity contribution is -0.150. The van der Waals surface area contributed by atoms with Gasteiger partial charge in [-0.25, -0.2) is 22.8 Å². The molecule has 1 aliphatic heterocycles. The van der Waals surface area contributed by atoms with Crippen LogP contribution in [-0.4, -0.2) is 65.0 Å². The van der Waals surface area contributed by atoms with Crippen molar-refractivity contribution in [2.45, 2.75) is 23.5 Å². The summed E-state index contributed by atoms with van der Waals surface area (Å²) in [6.45, 7) is -1.02. The fourth-order valence-electron chi connectivity index (χ4n) is 2.76. The van der Waals surface area contributed by atoms with Crippen molar-refractivity contribution in [2.24, 2.45) is 0 Å². The van der Waals surface area contributed by atoms with Crippen LogP contribution in [-0.2, 0) is 24.3 Å². The van der Waals surface area contributed by atoms with E-state index >= 15 is 0 Å². The average molecular weight is 424 g/mol. The molecule has 0 bridgehead atoms. The maximum atomic E-state index is 13.1. The van der Waals surface area contributed by atoms with Crippen molar-refractivity contribution in [2.75, 3.05) is 18.5 Å². The minimum Gasteiger partial charge on any atom is -0.454 e. The second-order valence-electron chi connectivity index (χ2n) is 6.16. The van der Waals surface area contributed by atoms with Crippen LogP contribution in [0.3, 0.4) is 0 Å². The number of aromatic nitrogens is 2. The molecule has 0 spiro atoms. The van der Waals surface area contributed by atoms with E-state index in [0.29, 0.717) is 0 Å². The number of amides is 1. The van der Waals surface area contributed by atoms with Crippen LogP contribution in [0.4, 0.5) is 10.3 Å². The molecule has 12 heteroatoms. The Morgan fingerprint density at radius 2 is 1.90 bits per heavy atom. The Morgan fingerprint density at radius 3 is 2.55 bits per heavy atom. The molecule has 1 saturated heterocycles. The Hall–Kier alpha value is -2.96. The van der Waals surface area contributed by atoms with Crippen LogP contribution < -0.4 is 5.32 Å². The Labute approximate surface area is 165 Å². The van der Waals surface area contributed by atoms with Gasteiger partial charge in [0, 0.05) is 25.4 Å². The summed E-state index contributed by atoms with van der Waals surface area (Å²) in [6.07, 6.45) is 1.54. The fourth-order valence-corrected chi connectivity index (χ4v) is 4.39. The summed E-state index contributed by atoms with van der Waals surface area (Å²) in [7, 11) is -4.18. The number of aliphatic hydroxyl groups excluding tert-OH is 1. The molecule has 0 aliphatic carbocycles. The van der Waals surface area contributed by atoms with Crippen molar-refractivity contribution in [1.82, 2.24) is 14.3 Å². The molecule has 154 valence electrons. The number of benzene rings is 1. The zero-order valence-electron chi connectivity index (χ0n) is 14.9. The van der Waals surface area contributed by atoms with Crippen LogP contribution in [0.2, 0.25) is 0 Å². The lowest BCUT2D eigenvalue weighted by Crippen LogP contribution is -2.42. The number of carbonyl (C=O) groups excluding carboxylic acids is 2. The molecule has 1 aromatic carbocycles. The summed E-state index contributed by atoms with van der Waals surface area (Å²) in [4.78, 5) is 31.6. The highest BCUT2D eigenvalue weighted by molar-refractivity contribution is 7.89. The molecule has 2 N–H and O–H groups in total. The zero-order valence-corrected chi connectivity index (χ0v) is 15.8. The summed E-state index contributed by atoms with van der Waals surface area (Å²) < 4.78 is 44.3. The molecular weight excluding hydrogens is 407 g/mol. The molecule has 1 fully saturated rings. The summed E-state index contributed by atoms with van der Waals surface area (Å²) in [6, 6.07) is 4.31. The molecule has 2 aromatic rings. The van der Waals surface area contributed by atoms with Gasteiger partial charge in [-0.15, -0.1) is 0 Å². The topological polar surface area (TPSA) is 139 Å². The molecule has 1 aromatic heterocycles. The Morgan fingerprint density at radius 1 is 1.24 bits per heavy atom. The number of nitrogens with one attached hydrogen (secondary N) is 1. The molecule has 2 heterocycles. The fraction of sp³-hybridized carbons (Fsp3) is 0.294. The van der Waals surface area contributed by atoms with E-state index in [9.17, 15) is 27.5 Å². The molecule has 10 nitrogen and oxygen atoms in total. The van der Waals surface area contributed by atoms with E-state index in [4.69, 9.17) is 4.74 Å². The summed E-state index contributed by atoms with van der Waals surface area (Å²) in [5.74, 6) is -2.30. The van der Waals surface area contributed by atoms with Gasteiger partial charge in [0.25, 0.3) is 5.91 Å². The minimum absolute atomic E-state index is 0.0188. The normalized spacial score (nSPS) is 19.7. The zero-order chi connectivity index (χ0) is 21.0. The van der Waals surface area contributed by atoms with Gasteiger partial charge in [-0.2, -0.15) is 4.31 Å². The van der Waals surface area contributed by atoms with Crippen molar-refractivity contribution >= 4 is 27.8 Å². The van der Waals surface area contributed by atoms with Crippen LogP contribution in [0, 0.1) is 5.82 Å². The molecular formula is C17H17FN4O6S. The van der Waals surface area contributed by atoms with Crippen LogP contribution in [0.1, 0.15) is 6.42 Å². The molecule has 0 radical (unpaired) electrons. The largest absolute Gasteiger partial charge is 0.454 e. The number of esters is 1. The van der Waals surface area contributed by atoms with E-state index in [-0.39, 0.29) is 23.8 Å². The van der Waals surface area contributed by atoms with Crippen molar-refractivity contribution in [1.29, 1.82) is 0 Å². The predicted octanol–water partition coefficient (Wildman–Crippen LogP) is -0.0785. The highest BCUT2D eigenvalue weighted by atomic mass is 32.2. The van der Waals surface area contributed by atoms with Gasteiger partial charge < -0.3 is 9.84 Å². The number of ether oxygens (including phenoxy) is 1. The minimum atomic E-state index is -4.18. The lowest BCUT2D eigenvalue weighted by Gasteiger charge is -2.22. The second-order valence-corrected chi connectivity index (χ2v) is 8.05. The van der Waals surface area contributed by atoms with Crippen molar-refractivity contribution < 1.29 is 32.2 Å². The van der Waals surface area contributed by atoms with Crippen molar-refractivity contribution in [3.05, 3.63) is 48.5 Å². The van der Waals surface area contributed by atoms with E-state index < -0.39 is 46.5 Å². The quantitative estimate of drug-likeness (QED) is 0.614. The second kappa shape index (κ2) is 8.59. The van der Waals surface area contributed by atoms with Gasteiger partial charge in [-0.1, -0.05) is 0 Å². The third-order valence-electron chi connectivity index (χ3n) is 4.09. The van der Waals surface area contributed by atoms with Crippen molar-refractivity contribution in [3.63, 3.8) is 0 Å². The molecule has 1 amide bonds. The van der Waals surface area contributed by atoms with Gasteiger partial charge in [-0.05, 0) is 30.3 Å². The standard InChI is InChI=1S/C17H17FN4O6S/c18-11-2-4-13(5-3-11)29(26,27)22-9-12(23)8-14(22)16(25)28-10-15(24)21-17-19-6-1-7-20-17/h1-7,12,14,23H,8-10H2,(H,19,20,21,24)/t12-,14+/m0/s1. The number of hydrogen-bond donors (Lipinski definition) is 2. The maximum Gasteiger partial charge on any atom is 0.325 e. The van der Waals surface area contributed by atoms with Gasteiger partial charge >= 0.3 is 5.97 Å².